The molecule has 6 nitrogen and oxygen atoms in total. The van der Waals surface area contributed by atoms with Gasteiger partial charge in [0.2, 0.25) is 5.91 Å². The smallest absolute Gasteiger partial charge is 0.239 e. The number of aromatic hydroxyl groups is 1. The van der Waals surface area contributed by atoms with Gasteiger partial charge in [0, 0.05) is 11.6 Å². The Morgan fingerprint density at radius 2 is 1.96 bits per heavy atom. The first kappa shape index (κ1) is 20.5. The van der Waals surface area contributed by atoms with Crippen molar-refractivity contribution < 1.29 is 19.7 Å². The first-order chi connectivity index (χ1) is 13.3. The molecule has 0 aromatic heterocycles. The second-order valence-corrected chi connectivity index (χ2v) is 7.67. The molecule has 2 unspecified atom stereocenters. The minimum absolute atomic E-state index is 0.109. The fraction of sp³-hybridized carbons (Fsp3) is 0.381. The Morgan fingerprint density at radius 1 is 1.25 bits per heavy atom. The number of phenols is 1. The summed E-state index contributed by atoms with van der Waals surface area (Å²) >= 11 is 5.52. The third-order valence-corrected chi connectivity index (χ3v) is 5.12. The van der Waals surface area contributed by atoms with Crippen molar-refractivity contribution in [3.8, 4) is 11.5 Å². The van der Waals surface area contributed by atoms with Crippen LogP contribution in [-0.4, -0.2) is 40.3 Å². The van der Waals surface area contributed by atoms with E-state index in [2.05, 4.69) is 22.8 Å². The molecule has 0 fully saturated rings. The van der Waals surface area contributed by atoms with E-state index in [0.29, 0.717) is 17.9 Å². The molecule has 0 saturated carbocycles. The third-order valence-electron chi connectivity index (χ3n) is 4.88. The Morgan fingerprint density at radius 3 is 2.64 bits per heavy atom. The van der Waals surface area contributed by atoms with Crippen molar-refractivity contribution in [1.29, 1.82) is 0 Å². The molecule has 0 bridgehead atoms. The van der Waals surface area contributed by atoms with Crippen LogP contribution in [0.25, 0.3) is 0 Å². The third kappa shape index (κ3) is 4.41. The van der Waals surface area contributed by atoms with Gasteiger partial charge in [-0.15, -0.1) is 11.6 Å². The summed E-state index contributed by atoms with van der Waals surface area (Å²) in [6.07, 6.45) is -0.0188. The van der Waals surface area contributed by atoms with Crippen molar-refractivity contribution >= 4 is 23.2 Å². The molecule has 1 aliphatic heterocycles. The number of halogens is 1. The van der Waals surface area contributed by atoms with Crippen LogP contribution < -0.4 is 15.4 Å². The number of aliphatic hydroxyl groups is 1. The number of alkyl halides is 1. The molecule has 28 heavy (non-hydrogen) atoms. The Kier molecular flexibility index (Phi) is 6.13. The van der Waals surface area contributed by atoms with Crippen molar-refractivity contribution in [2.75, 3.05) is 17.7 Å². The molecular formula is C21H25ClN2O4. The van der Waals surface area contributed by atoms with Crippen LogP contribution in [0.5, 0.6) is 11.5 Å². The van der Waals surface area contributed by atoms with Crippen LogP contribution in [0.4, 0.5) is 5.69 Å². The molecule has 2 aromatic rings. The summed E-state index contributed by atoms with van der Waals surface area (Å²) in [4.78, 5) is 11.6. The second-order valence-electron chi connectivity index (χ2n) is 7.41. The van der Waals surface area contributed by atoms with Crippen molar-refractivity contribution in [2.45, 2.75) is 38.0 Å². The maximum absolute atomic E-state index is 11.6. The lowest BCUT2D eigenvalue weighted by Gasteiger charge is -2.42. The summed E-state index contributed by atoms with van der Waals surface area (Å²) in [5.41, 5.74) is 1.21. The first-order valence-electron chi connectivity index (χ1n) is 9.19. The predicted molar refractivity (Wildman–Crippen MR) is 109 cm³/mol. The van der Waals surface area contributed by atoms with Crippen molar-refractivity contribution in [2.24, 2.45) is 0 Å². The van der Waals surface area contributed by atoms with E-state index in [9.17, 15) is 15.0 Å². The number of rotatable bonds is 6. The molecule has 3 rings (SSSR count). The van der Waals surface area contributed by atoms with Gasteiger partial charge in [0.25, 0.3) is 0 Å². The summed E-state index contributed by atoms with van der Waals surface area (Å²) < 4.78 is 5.95. The molecule has 0 spiro atoms. The highest BCUT2D eigenvalue weighted by Gasteiger charge is 2.43. The van der Waals surface area contributed by atoms with Gasteiger partial charge in [-0.2, -0.15) is 0 Å². The van der Waals surface area contributed by atoms with Crippen molar-refractivity contribution in [3.63, 3.8) is 0 Å². The predicted octanol–water partition coefficient (Wildman–Crippen LogP) is 2.97. The van der Waals surface area contributed by atoms with Crippen LogP contribution >= 0.6 is 11.6 Å². The fourth-order valence-electron chi connectivity index (χ4n) is 3.35. The van der Waals surface area contributed by atoms with E-state index in [1.807, 2.05) is 18.2 Å². The number of fused-ring (bicyclic) bond motifs is 1. The number of nitrogens with one attached hydrogen (secondary N) is 2. The van der Waals surface area contributed by atoms with Crippen LogP contribution in [0.3, 0.4) is 0 Å². The van der Waals surface area contributed by atoms with Crippen molar-refractivity contribution in [1.82, 2.24) is 5.32 Å². The molecule has 0 radical (unpaired) electrons. The number of amides is 1. The summed E-state index contributed by atoms with van der Waals surface area (Å²) in [5.74, 6) is -0.257. The minimum Gasteiger partial charge on any atom is -0.506 e. The average Bonchev–Trinajstić information content (AvgIpc) is 2.67. The van der Waals surface area contributed by atoms with Crippen LogP contribution in [0.2, 0.25) is 0 Å². The number of carbonyl (C=O) groups is 1. The van der Waals surface area contributed by atoms with Gasteiger partial charge in [-0.1, -0.05) is 30.3 Å². The maximum atomic E-state index is 11.6. The van der Waals surface area contributed by atoms with E-state index >= 15 is 0 Å². The monoisotopic (exact) mass is 404 g/mol. The Labute approximate surface area is 169 Å². The molecule has 0 aliphatic carbocycles. The molecule has 2 atom stereocenters. The SMILES string of the molecule is CC1(C)Oc2cc(NC(=O)CCl)c(O)cc2C(NCCc2ccccc2)C1O. The molecule has 4 N–H and O–H groups in total. The van der Waals surface area contributed by atoms with E-state index in [0.717, 1.165) is 6.42 Å². The van der Waals surface area contributed by atoms with E-state index in [1.54, 1.807) is 19.9 Å². The first-order valence-corrected chi connectivity index (χ1v) is 9.72. The van der Waals surface area contributed by atoms with Crippen LogP contribution in [0.1, 0.15) is 31.0 Å². The van der Waals surface area contributed by atoms with Gasteiger partial charge in [-0.05, 0) is 38.4 Å². The number of ether oxygens (including phenoxy) is 1. The van der Waals surface area contributed by atoms with Gasteiger partial charge in [-0.3, -0.25) is 4.79 Å². The number of benzene rings is 2. The number of hydrogen-bond donors (Lipinski definition) is 4. The van der Waals surface area contributed by atoms with Gasteiger partial charge in [0.05, 0.1) is 11.7 Å². The second kappa shape index (κ2) is 8.39. The standard InChI is InChI=1S/C21H25ClN2O4/c1-21(2)20(27)19(23-9-8-13-6-4-3-5-7-13)14-10-16(25)15(11-17(14)28-21)24-18(26)12-22/h3-7,10-11,19-20,23,25,27H,8-9,12H2,1-2H3,(H,24,26). The summed E-state index contributed by atoms with van der Waals surface area (Å²) in [7, 11) is 0. The molecular weight excluding hydrogens is 380 g/mol. The van der Waals surface area contributed by atoms with E-state index < -0.39 is 23.7 Å². The average molecular weight is 405 g/mol. The van der Waals surface area contributed by atoms with Crippen molar-refractivity contribution in [3.05, 3.63) is 53.6 Å². The topological polar surface area (TPSA) is 90.8 Å². The van der Waals surface area contributed by atoms with Crippen LogP contribution in [-0.2, 0) is 11.2 Å². The number of aliphatic hydroxyl groups excluding tert-OH is 1. The zero-order valence-corrected chi connectivity index (χ0v) is 16.7. The number of anilines is 1. The van der Waals surface area contributed by atoms with E-state index in [1.165, 1.54) is 11.6 Å². The van der Waals surface area contributed by atoms with E-state index in [-0.39, 0.29) is 17.3 Å². The maximum Gasteiger partial charge on any atom is 0.239 e. The normalized spacial score (nSPS) is 20.1. The van der Waals surface area contributed by atoms with Gasteiger partial charge < -0.3 is 25.6 Å². The minimum atomic E-state index is -0.845. The lowest BCUT2D eigenvalue weighted by molar-refractivity contribution is -0.113. The van der Waals surface area contributed by atoms with Gasteiger partial charge in [-0.25, -0.2) is 0 Å². The largest absolute Gasteiger partial charge is 0.506 e. The Bertz CT molecular complexity index is 842. The van der Waals surface area contributed by atoms with Gasteiger partial charge in [0.1, 0.15) is 29.1 Å². The van der Waals surface area contributed by atoms with Crippen LogP contribution in [0, 0.1) is 0 Å². The Balaban J connectivity index is 1.84. The van der Waals surface area contributed by atoms with Crippen LogP contribution in [0.15, 0.2) is 42.5 Å². The lowest BCUT2D eigenvalue weighted by atomic mass is 9.86. The molecule has 1 amide bonds. The highest BCUT2D eigenvalue weighted by atomic mass is 35.5. The summed E-state index contributed by atoms with van der Waals surface area (Å²) in [6, 6.07) is 12.7. The molecule has 1 heterocycles. The highest BCUT2D eigenvalue weighted by Crippen LogP contribution is 2.44. The fourth-order valence-corrected chi connectivity index (χ4v) is 3.42. The number of hydrogen-bond acceptors (Lipinski definition) is 5. The number of phenolic OH excluding ortho intramolecular Hbond substituents is 1. The molecule has 7 heteroatoms. The quantitative estimate of drug-likeness (QED) is 0.439. The number of carbonyl (C=O) groups excluding carboxylic acids is 1. The Hall–Kier alpha value is -2.28. The highest BCUT2D eigenvalue weighted by molar-refractivity contribution is 6.29. The summed E-state index contributed by atoms with van der Waals surface area (Å²) in [5, 5.41) is 27.1. The van der Waals surface area contributed by atoms with Gasteiger partial charge in [0.15, 0.2) is 0 Å². The zero-order chi connectivity index (χ0) is 20.3. The zero-order valence-electron chi connectivity index (χ0n) is 15.9. The molecule has 2 aromatic carbocycles. The molecule has 150 valence electrons. The molecule has 0 saturated heterocycles. The van der Waals surface area contributed by atoms with E-state index in [4.69, 9.17) is 16.3 Å². The van der Waals surface area contributed by atoms with Gasteiger partial charge >= 0.3 is 0 Å². The lowest BCUT2D eigenvalue weighted by Crippen LogP contribution is -2.52. The summed E-state index contributed by atoms with van der Waals surface area (Å²) in [6.45, 7) is 4.25. The molecule has 1 aliphatic rings.